The highest BCUT2D eigenvalue weighted by Gasteiger charge is 2.33. The minimum absolute atomic E-state index is 0.0104. The lowest BCUT2D eigenvalue weighted by Gasteiger charge is -2.34. The van der Waals surface area contributed by atoms with Gasteiger partial charge in [0.15, 0.2) is 0 Å². The van der Waals surface area contributed by atoms with Crippen molar-refractivity contribution in [2.45, 2.75) is 43.0 Å². The number of nitrogens with one attached hydrogen (secondary N) is 1. The highest BCUT2D eigenvalue weighted by molar-refractivity contribution is 7.91. The van der Waals surface area contributed by atoms with E-state index in [4.69, 9.17) is 0 Å². The minimum Gasteiger partial charge on any atom is -0.506 e. The second-order valence-corrected chi connectivity index (χ2v) is 11.3. The van der Waals surface area contributed by atoms with Crippen LogP contribution in [-0.2, 0) is 26.7 Å². The van der Waals surface area contributed by atoms with E-state index in [2.05, 4.69) is 0 Å². The van der Waals surface area contributed by atoms with Crippen molar-refractivity contribution >= 4 is 25.9 Å². The van der Waals surface area contributed by atoms with Gasteiger partial charge in [0.05, 0.1) is 11.1 Å². The van der Waals surface area contributed by atoms with Crippen LogP contribution in [0.4, 0.5) is 5.69 Å². The van der Waals surface area contributed by atoms with Crippen LogP contribution in [0.25, 0.3) is 0 Å². The van der Waals surface area contributed by atoms with E-state index in [1.54, 1.807) is 40.7 Å². The van der Waals surface area contributed by atoms with E-state index in [0.29, 0.717) is 19.4 Å². The van der Waals surface area contributed by atoms with Crippen LogP contribution in [0.15, 0.2) is 65.5 Å². The molecule has 3 N–H and O–H groups in total. The fourth-order valence-corrected chi connectivity index (χ4v) is 6.95. The smallest absolute Gasteiger partial charge is 0.330 e. The van der Waals surface area contributed by atoms with Gasteiger partial charge in [0.25, 0.3) is 0 Å². The molecule has 2 aromatic carbocycles. The summed E-state index contributed by atoms with van der Waals surface area (Å²) in [6.07, 6.45) is 4.60. The van der Waals surface area contributed by atoms with Crippen LogP contribution in [0.1, 0.15) is 31.2 Å². The lowest BCUT2D eigenvalue weighted by Crippen LogP contribution is -2.43. The summed E-state index contributed by atoms with van der Waals surface area (Å²) >= 11 is 0. The van der Waals surface area contributed by atoms with Crippen molar-refractivity contribution in [3.8, 4) is 5.75 Å². The Morgan fingerprint density at radius 3 is 2.47 bits per heavy atom. The number of nitrogens with zero attached hydrogens (tertiary/aromatic N) is 2. The molecule has 1 fully saturated rings. The Kier molecular flexibility index (Phi) is 6.06. The third-order valence-electron chi connectivity index (χ3n) is 5.70. The second kappa shape index (κ2) is 8.64. The molecule has 0 aliphatic carbocycles. The molecule has 32 heavy (non-hydrogen) atoms. The molecule has 0 bridgehead atoms. The van der Waals surface area contributed by atoms with Gasteiger partial charge in [0.1, 0.15) is 11.4 Å². The Balaban J connectivity index is 1.49. The van der Waals surface area contributed by atoms with Crippen molar-refractivity contribution in [3.63, 3.8) is 0 Å². The third kappa shape index (κ3) is 4.41. The number of rotatable bonds is 6. The first-order chi connectivity index (χ1) is 15.2. The lowest BCUT2D eigenvalue weighted by atomic mass is 9.97. The van der Waals surface area contributed by atoms with Gasteiger partial charge in [-0.25, -0.2) is 17.4 Å². The molecule has 0 radical (unpaired) electrons. The molecule has 0 spiro atoms. The molecular formula is C21H25N3O6S2. The van der Waals surface area contributed by atoms with Gasteiger partial charge in [-0.15, -0.1) is 0 Å². The number of aliphatic hydroxyl groups is 1. The SMILES string of the molecule is O=S1(=O)NC(O)=CN1c1ccc(CC[C@H]2CCCCN2S(=O)(=O)c2ccccc2)cc1O. The number of hydrogen-bond acceptors (Lipinski definition) is 6. The summed E-state index contributed by atoms with van der Waals surface area (Å²) in [5.74, 6) is -0.790. The third-order valence-corrected chi connectivity index (χ3v) is 8.95. The maximum Gasteiger partial charge on any atom is 0.330 e. The quantitative estimate of drug-likeness (QED) is 0.584. The molecule has 2 heterocycles. The first-order valence-electron chi connectivity index (χ1n) is 10.3. The van der Waals surface area contributed by atoms with Gasteiger partial charge in [0.2, 0.25) is 15.9 Å². The number of sulfonamides is 1. The number of phenols is 1. The van der Waals surface area contributed by atoms with Crippen LogP contribution in [0, 0.1) is 0 Å². The minimum atomic E-state index is -4.00. The molecule has 0 aromatic heterocycles. The summed E-state index contributed by atoms with van der Waals surface area (Å²) < 4.78 is 54.6. The average Bonchev–Trinajstić information content (AvgIpc) is 3.04. The normalized spacial score (nSPS) is 21.2. The Hall–Kier alpha value is -2.76. The summed E-state index contributed by atoms with van der Waals surface area (Å²) in [7, 11) is -7.58. The van der Waals surface area contributed by atoms with E-state index in [-0.39, 0.29) is 22.4 Å². The molecule has 0 saturated carbocycles. The fourth-order valence-electron chi connectivity index (χ4n) is 4.14. The molecule has 1 saturated heterocycles. The number of aliphatic hydroxyl groups excluding tert-OH is 1. The highest BCUT2D eigenvalue weighted by atomic mass is 32.2. The lowest BCUT2D eigenvalue weighted by molar-refractivity contribution is 0.241. The molecule has 11 heteroatoms. The van der Waals surface area contributed by atoms with Crippen molar-refractivity contribution in [1.29, 1.82) is 0 Å². The average molecular weight is 480 g/mol. The summed E-state index contributed by atoms with van der Waals surface area (Å²) in [6, 6.07) is 12.9. The van der Waals surface area contributed by atoms with Crippen LogP contribution >= 0.6 is 0 Å². The Morgan fingerprint density at radius 2 is 1.81 bits per heavy atom. The number of anilines is 1. The fraction of sp³-hybridized carbons (Fsp3) is 0.333. The van der Waals surface area contributed by atoms with Crippen molar-refractivity contribution in [2.24, 2.45) is 0 Å². The number of aryl methyl sites for hydroxylation is 1. The van der Waals surface area contributed by atoms with E-state index in [1.165, 1.54) is 12.1 Å². The predicted molar refractivity (Wildman–Crippen MR) is 120 cm³/mol. The van der Waals surface area contributed by atoms with Crippen LogP contribution < -0.4 is 9.03 Å². The molecule has 2 aliphatic heterocycles. The van der Waals surface area contributed by atoms with Crippen molar-refractivity contribution in [1.82, 2.24) is 9.03 Å². The van der Waals surface area contributed by atoms with E-state index in [1.807, 2.05) is 4.72 Å². The molecule has 1 atom stereocenters. The Labute approximate surface area is 187 Å². The molecule has 2 aromatic rings. The summed E-state index contributed by atoms with van der Waals surface area (Å²) in [5.41, 5.74) is 0.767. The maximum absolute atomic E-state index is 13.1. The van der Waals surface area contributed by atoms with Gasteiger partial charge in [-0.2, -0.15) is 12.7 Å². The van der Waals surface area contributed by atoms with Crippen LogP contribution in [0.3, 0.4) is 0 Å². The van der Waals surface area contributed by atoms with Gasteiger partial charge in [-0.3, -0.25) is 0 Å². The van der Waals surface area contributed by atoms with Gasteiger partial charge >= 0.3 is 10.2 Å². The van der Waals surface area contributed by atoms with E-state index < -0.39 is 26.1 Å². The van der Waals surface area contributed by atoms with Crippen LogP contribution in [0.2, 0.25) is 0 Å². The second-order valence-electron chi connectivity index (χ2n) is 7.86. The standard InChI is InChI=1S/C21H25N3O6S2/c25-20-14-16(10-12-19(20)24-15-21(26)22-32(24,29)30)9-11-17-6-4-5-13-23(17)31(27,28)18-7-2-1-3-8-18/h1-3,7-8,10,12,14-15,17,22,25-26H,4-6,9,11,13H2/t17-/m1/s1. The monoisotopic (exact) mass is 479 g/mol. The zero-order valence-corrected chi connectivity index (χ0v) is 18.9. The molecule has 0 amide bonds. The first kappa shape index (κ1) is 22.4. The number of aromatic hydroxyl groups is 1. The molecule has 4 rings (SSSR count). The van der Waals surface area contributed by atoms with Gasteiger partial charge in [-0.05, 0) is 55.5 Å². The van der Waals surface area contributed by atoms with Gasteiger partial charge in [-0.1, -0.05) is 30.7 Å². The maximum atomic E-state index is 13.1. The molecule has 0 unspecified atom stereocenters. The largest absolute Gasteiger partial charge is 0.506 e. The van der Waals surface area contributed by atoms with Gasteiger partial charge in [0, 0.05) is 12.6 Å². The van der Waals surface area contributed by atoms with Crippen LogP contribution in [-0.4, -0.2) is 43.9 Å². The number of piperidine rings is 1. The highest BCUT2D eigenvalue weighted by Crippen LogP contribution is 2.34. The number of hydrogen-bond donors (Lipinski definition) is 3. The summed E-state index contributed by atoms with van der Waals surface area (Å²) in [6.45, 7) is 0.474. The van der Waals surface area contributed by atoms with Crippen molar-refractivity contribution in [3.05, 3.63) is 66.2 Å². The number of benzene rings is 2. The van der Waals surface area contributed by atoms with E-state index in [9.17, 15) is 27.0 Å². The predicted octanol–water partition coefficient (Wildman–Crippen LogP) is 2.58. The Bertz CT molecular complexity index is 1230. The summed E-state index contributed by atoms with van der Waals surface area (Å²) in [5, 5.41) is 19.8. The molecule has 172 valence electrons. The first-order valence-corrected chi connectivity index (χ1v) is 13.2. The van der Waals surface area contributed by atoms with Crippen LogP contribution in [0.5, 0.6) is 5.75 Å². The zero-order valence-electron chi connectivity index (χ0n) is 17.3. The number of phenolic OH excluding ortho intramolecular Hbond substituents is 1. The summed E-state index contributed by atoms with van der Waals surface area (Å²) in [4.78, 5) is 0.283. The molecular weight excluding hydrogens is 454 g/mol. The van der Waals surface area contributed by atoms with E-state index >= 15 is 0 Å². The molecule has 9 nitrogen and oxygen atoms in total. The van der Waals surface area contributed by atoms with Crippen molar-refractivity contribution in [2.75, 3.05) is 10.8 Å². The van der Waals surface area contributed by atoms with Crippen molar-refractivity contribution < 1.29 is 27.0 Å². The van der Waals surface area contributed by atoms with Gasteiger partial charge < -0.3 is 10.2 Å². The topological polar surface area (TPSA) is 127 Å². The molecule has 2 aliphatic rings. The zero-order chi connectivity index (χ0) is 22.9. The Morgan fingerprint density at radius 1 is 1.06 bits per heavy atom. The van der Waals surface area contributed by atoms with E-state index in [0.717, 1.165) is 35.3 Å².